The second kappa shape index (κ2) is 8.89. The predicted octanol–water partition coefficient (Wildman–Crippen LogP) is 3.13. The van der Waals surface area contributed by atoms with Crippen LogP contribution in [0.2, 0.25) is 0 Å². The smallest absolute Gasteiger partial charge is 0.341 e. The molecule has 2 aromatic rings. The van der Waals surface area contributed by atoms with Crippen molar-refractivity contribution in [1.29, 1.82) is 0 Å². The molecule has 2 rings (SSSR count). The van der Waals surface area contributed by atoms with Gasteiger partial charge in [0, 0.05) is 19.2 Å². The molecule has 0 aromatic heterocycles. The van der Waals surface area contributed by atoms with E-state index < -0.39 is 12.6 Å². The number of carboxylic acid groups (broad SMARTS) is 1. The summed E-state index contributed by atoms with van der Waals surface area (Å²) in [6.07, 6.45) is 0. The highest BCUT2D eigenvalue weighted by molar-refractivity contribution is 5.94. The Balaban J connectivity index is 2.16. The van der Waals surface area contributed by atoms with Gasteiger partial charge in [0.25, 0.3) is 5.91 Å². The lowest BCUT2D eigenvalue weighted by molar-refractivity contribution is -0.139. The molecule has 0 spiro atoms. The minimum absolute atomic E-state index is 0.155. The average Bonchev–Trinajstić information content (AvgIpc) is 2.60. The minimum atomic E-state index is -1.08. The summed E-state index contributed by atoms with van der Waals surface area (Å²) in [6.45, 7) is 4.21. The molecule has 0 heterocycles. The summed E-state index contributed by atoms with van der Waals surface area (Å²) in [5.74, 6) is -0.585. The van der Waals surface area contributed by atoms with Crippen LogP contribution in [-0.2, 0) is 11.3 Å². The molecule has 0 aliphatic heterocycles. The Bertz CT molecular complexity index is 788. The number of amides is 1. The van der Waals surface area contributed by atoms with E-state index in [1.165, 1.54) is 0 Å². The van der Waals surface area contributed by atoms with E-state index in [9.17, 15) is 9.59 Å². The van der Waals surface area contributed by atoms with Crippen molar-refractivity contribution in [2.45, 2.75) is 20.4 Å². The van der Waals surface area contributed by atoms with Crippen molar-refractivity contribution in [2.24, 2.45) is 0 Å². The van der Waals surface area contributed by atoms with Gasteiger partial charge in [-0.1, -0.05) is 29.8 Å². The molecule has 26 heavy (non-hydrogen) atoms. The third kappa shape index (κ3) is 5.24. The van der Waals surface area contributed by atoms with Gasteiger partial charge in [-0.25, -0.2) is 4.79 Å². The second-order valence-electron chi connectivity index (χ2n) is 5.93. The first-order valence-electron chi connectivity index (χ1n) is 8.33. The third-order valence-electron chi connectivity index (χ3n) is 3.69. The monoisotopic (exact) mass is 357 g/mol. The first-order valence-corrected chi connectivity index (χ1v) is 8.33. The van der Waals surface area contributed by atoms with Crippen LogP contribution >= 0.6 is 0 Å². The number of carboxylic acids is 1. The first kappa shape index (κ1) is 19.3. The fourth-order valence-electron chi connectivity index (χ4n) is 2.54. The Labute approximate surface area is 153 Å². The molecule has 2 aromatic carbocycles. The van der Waals surface area contributed by atoms with E-state index in [-0.39, 0.29) is 5.91 Å². The fourth-order valence-corrected chi connectivity index (χ4v) is 2.54. The summed E-state index contributed by atoms with van der Waals surface area (Å²) in [5, 5.41) is 8.74. The van der Waals surface area contributed by atoms with Gasteiger partial charge in [0.05, 0.1) is 6.61 Å². The van der Waals surface area contributed by atoms with Crippen molar-refractivity contribution in [1.82, 2.24) is 4.90 Å². The first-order chi connectivity index (χ1) is 12.4. The number of carbonyl (C=O) groups excluding carboxylic acids is 1. The number of nitrogens with zero attached hydrogens (tertiary/aromatic N) is 1. The van der Waals surface area contributed by atoms with Crippen LogP contribution in [0.4, 0.5) is 0 Å². The molecule has 0 saturated heterocycles. The average molecular weight is 357 g/mol. The lowest BCUT2D eigenvalue weighted by atomic mass is 10.1. The highest BCUT2D eigenvalue weighted by atomic mass is 16.5. The van der Waals surface area contributed by atoms with E-state index in [0.717, 1.165) is 11.1 Å². The number of hydrogen-bond acceptors (Lipinski definition) is 4. The third-order valence-corrected chi connectivity index (χ3v) is 3.69. The van der Waals surface area contributed by atoms with Gasteiger partial charge in [0.2, 0.25) is 0 Å². The standard InChI is InChI=1S/C20H23NO5/c1-4-25-18-11-16(8-9-17(18)26-13-19(22)23)20(24)21(3)12-15-7-5-6-14(2)10-15/h5-11H,4,12-13H2,1-3H3,(H,22,23). The quantitative estimate of drug-likeness (QED) is 0.785. The van der Waals surface area contributed by atoms with Crippen molar-refractivity contribution in [3.05, 3.63) is 59.2 Å². The lowest BCUT2D eigenvalue weighted by Crippen LogP contribution is -2.26. The van der Waals surface area contributed by atoms with E-state index >= 15 is 0 Å². The zero-order valence-electron chi connectivity index (χ0n) is 15.2. The number of ether oxygens (including phenoxy) is 2. The minimum Gasteiger partial charge on any atom is -0.490 e. The Kier molecular flexibility index (Phi) is 6.60. The summed E-state index contributed by atoms with van der Waals surface area (Å²) in [7, 11) is 1.74. The van der Waals surface area contributed by atoms with Gasteiger partial charge in [-0.15, -0.1) is 0 Å². The van der Waals surface area contributed by atoms with Gasteiger partial charge >= 0.3 is 5.97 Å². The molecular weight excluding hydrogens is 334 g/mol. The zero-order valence-corrected chi connectivity index (χ0v) is 15.2. The number of rotatable bonds is 8. The maximum Gasteiger partial charge on any atom is 0.341 e. The number of carbonyl (C=O) groups is 2. The Morgan fingerprint density at radius 3 is 2.50 bits per heavy atom. The molecule has 138 valence electrons. The van der Waals surface area contributed by atoms with Crippen molar-refractivity contribution in [2.75, 3.05) is 20.3 Å². The molecule has 0 aliphatic carbocycles. The van der Waals surface area contributed by atoms with Crippen LogP contribution in [0.15, 0.2) is 42.5 Å². The molecule has 0 bridgehead atoms. The van der Waals surface area contributed by atoms with Crippen LogP contribution in [0.25, 0.3) is 0 Å². The van der Waals surface area contributed by atoms with Gasteiger partial charge in [-0.2, -0.15) is 0 Å². The van der Waals surface area contributed by atoms with Crippen molar-refractivity contribution in [3.63, 3.8) is 0 Å². The normalized spacial score (nSPS) is 10.3. The summed E-state index contributed by atoms with van der Waals surface area (Å²) in [5.41, 5.74) is 2.64. The van der Waals surface area contributed by atoms with Crippen LogP contribution < -0.4 is 9.47 Å². The molecule has 1 amide bonds. The van der Waals surface area contributed by atoms with Gasteiger partial charge in [0.1, 0.15) is 0 Å². The van der Waals surface area contributed by atoms with Crippen LogP contribution in [0, 0.1) is 6.92 Å². The summed E-state index contributed by atoms with van der Waals surface area (Å²) >= 11 is 0. The molecule has 0 atom stereocenters. The Morgan fingerprint density at radius 1 is 1.08 bits per heavy atom. The van der Waals surface area contributed by atoms with Crippen LogP contribution in [0.3, 0.4) is 0 Å². The summed E-state index contributed by atoms with van der Waals surface area (Å²) in [4.78, 5) is 25.0. The van der Waals surface area contributed by atoms with Gasteiger partial charge in [0.15, 0.2) is 18.1 Å². The van der Waals surface area contributed by atoms with Crippen LogP contribution in [-0.4, -0.2) is 42.1 Å². The van der Waals surface area contributed by atoms with E-state index in [4.69, 9.17) is 14.6 Å². The van der Waals surface area contributed by atoms with Crippen LogP contribution in [0.1, 0.15) is 28.4 Å². The van der Waals surface area contributed by atoms with Crippen molar-refractivity contribution >= 4 is 11.9 Å². The van der Waals surface area contributed by atoms with Crippen molar-refractivity contribution in [3.8, 4) is 11.5 Å². The largest absolute Gasteiger partial charge is 0.490 e. The maximum absolute atomic E-state index is 12.7. The number of aryl methyl sites for hydroxylation is 1. The van der Waals surface area contributed by atoms with Crippen LogP contribution in [0.5, 0.6) is 11.5 Å². The summed E-state index contributed by atoms with van der Waals surface area (Å²) < 4.78 is 10.7. The van der Waals surface area contributed by atoms with Gasteiger partial charge in [-0.05, 0) is 37.6 Å². The Hall–Kier alpha value is -3.02. The number of hydrogen-bond donors (Lipinski definition) is 1. The second-order valence-corrected chi connectivity index (χ2v) is 5.93. The molecule has 1 N–H and O–H groups in total. The highest BCUT2D eigenvalue weighted by Crippen LogP contribution is 2.29. The number of aliphatic carboxylic acids is 1. The number of benzene rings is 2. The SMILES string of the molecule is CCOc1cc(C(=O)N(C)Cc2cccc(C)c2)ccc1OCC(=O)O. The topological polar surface area (TPSA) is 76.1 Å². The van der Waals surface area contributed by atoms with E-state index in [1.807, 2.05) is 31.2 Å². The molecule has 6 heteroatoms. The van der Waals surface area contributed by atoms with E-state index in [0.29, 0.717) is 30.2 Å². The van der Waals surface area contributed by atoms with Gasteiger partial charge < -0.3 is 19.5 Å². The highest BCUT2D eigenvalue weighted by Gasteiger charge is 2.16. The van der Waals surface area contributed by atoms with Gasteiger partial charge in [-0.3, -0.25) is 4.79 Å². The summed E-state index contributed by atoms with van der Waals surface area (Å²) in [6, 6.07) is 12.7. The molecule has 0 fully saturated rings. The molecule has 6 nitrogen and oxygen atoms in total. The van der Waals surface area contributed by atoms with E-state index in [2.05, 4.69) is 0 Å². The fraction of sp³-hybridized carbons (Fsp3) is 0.300. The molecule has 0 radical (unpaired) electrons. The maximum atomic E-state index is 12.7. The molecule has 0 unspecified atom stereocenters. The lowest BCUT2D eigenvalue weighted by Gasteiger charge is -2.19. The zero-order chi connectivity index (χ0) is 19.1. The molecule has 0 aliphatic rings. The predicted molar refractivity (Wildman–Crippen MR) is 97.7 cm³/mol. The molecular formula is C20H23NO5. The Morgan fingerprint density at radius 2 is 1.85 bits per heavy atom. The van der Waals surface area contributed by atoms with Crippen molar-refractivity contribution < 1.29 is 24.2 Å². The molecule has 0 saturated carbocycles. The van der Waals surface area contributed by atoms with E-state index in [1.54, 1.807) is 37.1 Å².